The molecule has 2 amide bonds. The van der Waals surface area contributed by atoms with Gasteiger partial charge in [0.2, 0.25) is 0 Å². The van der Waals surface area contributed by atoms with E-state index in [1.807, 2.05) is 0 Å². The van der Waals surface area contributed by atoms with Crippen LogP contribution in [0.3, 0.4) is 0 Å². The fourth-order valence-electron chi connectivity index (χ4n) is 2.42. The van der Waals surface area contributed by atoms with Crippen LogP contribution >= 0.6 is 15.9 Å². The first-order valence-corrected chi connectivity index (χ1v) is 7.33. The summed E-state index contributed by atoms with van der Waals surface area (Å²) in [6, 6.07) is 8.78. The number of ether oxygens (including phenoxy) is 1. The lowest BCUT2D eigenvalue weighted by Gasteiger charge is -2.15. The molecular formula is C16H10BrNO5. The third kappa shape index (κ3) is 2.29. The second-order valence-electron chi connectivity index (χ2n) is 4.80. The Balaban J connectivity index is 2.06. The predicted molar refractivity (Wildman–Crippen MR) is 84.7 cm³/mol. The van der Waals surface area contributed by atoms with E-state index in [1.165, 1.54) is 25.3 Å². The van der Waals surface area contributed by atoms with Gasteiger partial charge in [-0.05, 0) is 40.2 Å². The SMILES string of the molecule is COC(=O)c1ccc(N2C(=O)c3cccc(Br)c3C2=O)cc1O. The zero-order valence-corrected chi connectivity index (χ0v) is 13.5. The number of carbonyl (C=O) groups excluding carboxylic acids is 3. The molecule has 7 heteroatoms. The molecule has 1 aliphatic rings. The molecule has 2 aromatic carbocycles. The van der Waals surface area contributed by atoms with Crippen molar-refractivity contribution >= 4 is 39.4 Å². The molecule has 1 N–H and O–H groups in total. The van der Waals surface area contributed by atoms with Crippen LogP contribution in [-0.4, -0.2) is 30.0 Å². The van der Waals surface area contributed by atoms with Crippen molar-refractivity contribution in [1.29, 1.82) is 0 Å². The van der Waals surface area contributed by atoms with Gasteiger partial charge in [-0.2, -0.15) is 0 Å². The second-order valence-corrected chi connectivity index (χ2v) is 5.66. The third-order valence-electron chi connectivity index (χ3n) is 3.51. The number of methoxy groups -OCH3 is 1. The van der Waals surface area contributed by atoms with E-state index in [0.717, 1.165) is 4.90 Å². The van der Waals surface area contributed by atoms with Crippen molar-refractivity contribution in [2.24, 2.45) is 0 Å². The van der Waals surface area contributed by atoms with Crippen molar-refractivity contribution in [3.8, 4) is 5.75 Å². The number of aromatic hydroxyl groups is 1. The molecule has 0 unspecified atom stereocenters. The van der Waals surface area contributed by atoms with Gasteiger partial charge in [0.05, 0.1) is 23.9 Å². The number of rotatable bonds is 2. The average molecular weight is 376 g/mol. The molecule has 0 spiro atoms. The minimum Gasteiger partial charge on any atom is -0.507 e. The topological polar surface area (TPSA) is 83.9 Å². The van der Waals surface area contributed by atoms with Gasteiger partial charge in [0, 0.05) is 10.5 Å². The summed E-state index contributed by atoms with van der Waals surface area (Å²) < 4.78 is 5.06. The number of hydrogen-bond acceptors (Lipinski definition) is 5. The lowest BCUT2D eigenvalue weighted by Crippen LogP contribution is -2.29. The minimum atomic E-state index is -0.709. The van der Waals surface area contributed by atoms with E-state index in [1.54, 1.807) is 18.2 Å². The molecule has 0 bridgehead atoms. The monoisotopic (exact) mass is 375 g/mol. The second kappa shape index (κ2) is 5.51. The number of hydrogen-bond donors (Lipinski definition) is 1. The van der Waals surface area contributed by atoms with Gasteiger partial charge < -0.3 is 9.84 Å². The van der Waals surface area contributed by atoms with Crippen molar-refractivity contribution < 1.29 is 24.2 Å². The lowest BCUT2D eigenvalue weighted by molar-refractivity contribution is 0.0597. The molecule has 0 saturated carbocycles. The van der Waals surface area contributed by atoms with Gasteiger partial charge in [-0.25, -0.2) is 9.69 Å². The van der Waals surface area contributed by atoms with Crippen LogP contribution in [0, 0.1) is 0 Å². The number of phenols is 1. The van der Waals surface area contributed by atoms with E-state index in [0.29, 0.717) is 4.47 Å². The van der Waals surface area contributed by atoms with E-state index in [-0.39, 0.29) is 28.1 Å². The Morgan fingerprint density at radius 3 is 2.52 bits per heavy atom. The van der Waals surface area contributed by atoms with Crippen LogP contribution in [-0.2, 0) is 4.74 Å². The van der Waals surface area contributed by atoms with Crippen LogP contribution in [0.4, 0.5) is 5.69 Å². The molecular weight excluding hydrogens is 366 g/mol. The maximum atomic E-state index is 12.5. The van der Waals surface area contributed by atoms with Crippen molar-refractivity contribution in [3.05, 3.63) is 57.6 Å². The number of benzene rings is 2. The van der Waals surface area contributed by atoms with Gasteiger partial charge >= 0.3 is 5.97 Å². The molecule has 1 heterocycles. The molecule has 116 valence electrons. The number of amides is 2. The van der Waals surface area contributed by atoms with Crippen LogP contribution in [0.1, 0.15) is 31.1 Å². The summed E-state index contributed by atoms with van der Waals surface area (Å²) in [6.45, 7) is 0. The van der Waals surface area contributed by atoms with Crippen molar-refractivity contribution in [2.75, 3.05) is 12.0 Å². The van der Waals surface area contributed by atoms with Crippen LogP contribution in [0.15, 0.2) is 40.9 Å². The normalized spacial score (nSPS) is 13.2. The number of imide groups is 1. The predicted octanol–water partition coefficient (Wildman–Crippen LogP) is 2.74. The summed E-state index contributed by atoms with van der Waals surface area (Å²) >= 11 is 3.26. The molecule has 0 fully saturated rings. The molecule has 0 atom stereocenters. The highest BCUT2D eigenvalue weighted by Crippen LogP contribution is 2.34. The minimum absolute atomic E-state index is 0.0472. The Morgan fingerprint density at radius 1 is 1.17 bits per heavy atom. The first-order valence-electron chi connectivity index (χ1n) is 6.54. The van der Waals surface area contributed by atoms with Gasteiger partial charge in [0.15, 0.2) is 0 Å². The Bertz CT molecular complexity index is 862. The van der Waals surface area contributed by atoms with Crippen LogP contribution in [0.25, 0.3) is 0 Å². The highest BCUT2D eigenvalue weighted by atomic mass is 79.9. The van der Waals surface area contributed by atoms with Crippen molar-refractivity contribution in [2.45, 2.75) is 0 Å². The average Bonchev–Trinajstić information content (AvgIpc) is 2.79. The van der Waals surface area contributed by atoms with Gasteiger partial charge in [-0.3, -0.25) is 9.59 Å². The first kappa shape index (κ1) is 15.2. The van der Waals surface area contributed by atoms with Crippen LogP contribution < -0.4 is 4.90 Å². The Kier molecular flexibility index (Phi) is 3.65. The molecule has 0 aliphatic carbocycles. The Hall–Kier alpha value is -2.67. The maximum Gasteiger partial charge on any atom is 0.341 e. The summed E-state index contributed by atoms with van der Waals surface area (Å²) in [5, 5.41) is 9.94. The summed E-state index contributed by atoms with van der Waals surface area (Å²) in [7, 11) is 1.19. The Morgan fingerprint density at radius 2 is 1.91 bits per heavy atom. The van der Waals surface area contributed by atoms with Gasteiger partial charge in [0.25, 0.3) is 11.8 Å². The Labute approximate surface area is 139 Å². The van der Waals surface area contributed by atoms with E-state index in [4.69, 9.17) is 0 Å². The largest absolute Gasteiger partial charge is 0.507 e. The molecule has 0 aromatic heterocycles. The fraction of sp³-hybridized carbons (Fsp3) is 0.0625. The number of phenolic OH excluding ortho intramolecular Hbond substituents is 1. The van der Waals surface area contributed by atoms with E-state index in [2.05, 4.69) is 20.7 Å². The molecule has 1 aliphatic heterocycles. The number of fused-ring (bicyclic) bond motifs is 1. The lowest BCUT2D eigenvalue weighted by atomic mass is 10.1. The highest BCUT2D eigenvalue weighted by molar-refractivity contribution is 9.10. The number of carbonyl (C=O) groups is 3. The smallest absolute Gasteiger partial charge is 0.341 e. The van der Waals surface area contributed by atoms with E-state index >= 15 is 0 Å². The summed E-state index contributed by atoms with van der Waals surface area (Å²) in [5.74, 6) is -2.07. The number of esters is 1. The highest BCUT2D eigenvalue weighted by Gasteiger charge is 2.38. The zero-order valence-electron chi connectivity index (χ0n) is 11.9. The van der Waals surface area contributed by atoms with Crippen molar-refractivity contribution in [1.82, 2.24) is 0 Å². The van der Waals surface area contributed by atoms with Gasteiger partial charge in [-0.1, -0.05) is 6.07 Å². The molecule has 0 radical (unpaired) electrons. The van der Waals surface area contributed by atoms with Crippen molar-refractivity contribution in [3.63, 3.8) is 0 Å². The standard InChI is InChI=1S/C16H10BrNO5/c1-23-16(22)9-6-5-8(7-12(9)19)18-14(20)10-3-2-4-11(17)13(10)15(18)21/h2-7,19H,1H3. The van der Waals surface area contributed by atoms with Crippen LogP contribution in [0.2, 0.25) is 0 Å². The quantitative estimate of drug-likeness (QED) is 0.644. The summed E-state index contributed by atoms with van der Waals surface area (Å²) in [5.41, 5.74) is 0.678. The maximum absolute atomic E-state index is 12.5. The fourth-order valence-corrected chi connectivity index (χ4v) is 2.96. The van der Waals surface area contributed by atoms with Gasteiger partial charge in [0.1, 0.15) is 11.3 Å². The molecule has 2 aromatic rings. The molecule has 6 nitrogen and oxygen atoms in total. The summed E-state index contributed by atoms with van der Waals surface area (Å²) in [6.07, 6.45) is 0. The number of nitrogens with zero attached hydrogens (tertiary/aromatic N) is 1. The third-order valence-corrected chi connectivity index (χ3v) is 4.17. The van der Waals surface area contributed by atoms with Crippen LogP contribution in [0.5, 0.6) is 5.75 Å². The molecule has 23 heavy (non-hydrogen) atoms. The first-order chi connectivity index (χ1) is 11.0. The number of anilines is 1. The van der Waals surface area contributed by atoms with E-state index < -0.39 is 17.8 Å². The van der Waals surface area contributed by atoms with Gasteiger partial charge in [-0.15, -0.1) is 0 Å². The zero-order chi connectivity index (χ0) is 16.7. The molecule has 0 saturated heterocycles. The number of halogens is 1. The van der Waals surface area contributed by atoms with E-state index in [9.17, 15) is 19.5 Å². The summed E-state index contributed by atoms with van der Waals surface area (Å²) in [4.78, 5) is 37.4. The molecule has 3 rings (SSSR count).